The summed E-state index contributed by atoms with van der Waals surface area (Å²) in [5, 5.41) is 20.3. The van der Waals surface area contributed by atoms with Gasteiger partial charge in [0, 0.05) is 0 Å². The first-order chi connectivity index (χ1) is 6.45. The van der Waals surface area contributed by atoms with E-state index < -0.39 is 21.2 Å². The van der Waals surface area contributed by atoms with Crippen molar-refractivity contribution in [1.82, 2.24) is 0 Å². The molecule has 1 aromatic carbocycles. The number of nitro groups is 2. The Labute approximate surface area is 87.3 Å². The van der Waals surface area contributed by atoms with E-state index in [0.29, 0.717) is 0 Å². The fraction of sp³-hybridized carbons (Fsp3) is 0. The van der Waals surface area contributed by atoms with E-state index in [0.717, 1.165) is 12.1 Å². The molecule has 0 fully saturated rings. The van der Waals surface area contributed by atoms with Crippen LogP contribution in [-0.4, -0.2) is 9.85 Å². The molecular formula is C6H2Cl2N2O4. The summed E-state index contributed by atoms with van der Waals surface area (Å²) in [5.74, 6) is 0. The molecule has 6 nitrogen and oxygen atoms in total. The van der Waals surface area contributed by atoms with E-state index in [-0.39, 0.29) is 10.0 Å². The molecule has 1 rings (SSSR count). The molecule has 8 heteroatoms. The summed E-state index contributed by atoms with van der Waals surface area (Å²) in [6, 6.07) is 2.27. The third kappa shape index (κ3) is 1.75. The molecule has 0 saturated heterocycles. The maximum atomic E-state index is 10.5. The molecule has 0 atom stereocenters. The molecular weight excluding hydrogens is 235 g/mol. The molecule has 0 amide bonds. The van der Waals surface area contributed by atoms with Crippen molar-refractivity contribution < 1.29 is 9.85 Å². The molecule has 0 unspecified atom stereocenters. The van der Waals surface area contributed by atoms with Crippen molar-refractivity contribution in [2.24, 2.45) is 0 Å². The van der Waals surface area contributed by atoms with Gasteiger partial charge in [0.2, 0.25) is 0 Å². The molecule has 0 saturated carbocycles. The predicted octanol–water partition coefficient (Wildman–Crippen LogP) is 2.81. The summed E-state index contributed by atoms with van der Waals surface area (Å²) in [4.78, 5) is 19.0. The van der Waals surface area contributed by atoms with E-state index in [4.69, 9.17) is 23.2 Å². The van der Waals surface area contributed by atoms with Gasteiger partial charge in [0.25, 0.3) is 0 Å². The highest BCUT2D eigenvalue weighted by Gasteiger charge is 2.31. The Hall–Kier alpha value is -1.40. The van der Waals surface area contributed by atoms with Crippen molar-refractivity contribution in [3.63, 3.8) is 0 Å². The van der Waals surface area contributed by atoms with Crippen molar-refractivity contribution >= 4 is 34.6 Å². The van der Waals surface area contributed by atoms with E-state index in [1.807, 2.05) is 0 Å². The van der Waals surface area contributed by atoms with Crippen molar-refractivity contribution in [2.75, 3.05) is 0 Å². The lowest BCUT2D eigenvalue weighted by molar-refractivity contribution is -0.422. The highest BCUT2D eigenvalue weighted by atomic mass is 35.5. The molecule has 0 aliphatic heterocycles. The lowest BCUT2D eigenvalue weighted by Gasteiger charge is -1.98. The molecule has 0 heterocycles. The molecule has 0 aliphatic carbocycles. The van der Waals surface area contributed by atoms with Crippen LogP contribution < -0.4 is 0 Å². The Morgan fingerprint density at radius 1 is 0.929 bits per heavy atom. The minimum atomic E-state index is -0.938. The van der Waals surface area contributed by atoms with Crippen LogP contribution in [0.25, 0.3) is 0 Å². The molecule has 1 aromatic rings. The summed E-state index contributed by atoms with van der Waals surface area (Å²) in [7, 11) is 0. The maximum absolute atomic E-state index is 10.5. The van der Waals surface area contributed by atoms with Gasteiger partial charge in [0.05, 0.1) is 9.85 Å². The third-order valence-electron chi connectivity index (χ3n) is 1.42. The number of hydrogen-bond donors (Lipinski definition) is 0. The van der Waals surface area contributed by atoms with Gasteiger partial charge in [-0.15, -0.1) is 0 Å². The molecule has 0 bridgehead atoms. The Morgan fingerprint density at radius 2 is 1.21 bits per heavy atom. The van der Waals surface area contributed by atoms with Crippen LogP contribution in [0.4, 0.5) is 11.4 Å². The van der Waals surface area contributed by atoms with Gasteiger partial charge in [-0.3, -0.25) is 20.2 Å². The lowest BCUT2D eigenvalue weighted by atomic mass is 10.3. The van der Waals surface area contributed by atoms with Crippen LogP contribution >= 0.6 is 23.2 Å². The van der Waals surface area contributed by atoms with Gasteiger partial charge in [0.1, 0.15) is 10.0 Å². The zero-order valence-corrected chi connectivity index (χ0v) is 7.95. The smallest absolute Gasteiger partial charge is 0.258 e. The molecule has 0 radical (unpaired) electrons. The molecule has 0 N–H and O–H groups in total. The number of nitrogens with zero attached hydrogens (tertiary/aromatic N) is 2. The number of halogens is 2. The normalized spacial score (nSPS) is 9.86. The van der Waals surface area contributed by atoms with E-state index >= 15 is 0 Å². The summed E-state index contributed by atoms with van der Waals surface area (Å²) >= 11 is 10.9. The zero-order valence-electron chi connectivity index (χ0n) is 6.44. The third-order valence-corrected chi connectivity index (χ3v) is 2.03. The molecule has 0 aliphatic rings. The fourth-order valence-corrected chi connectivity index (χ4v) is 1.32. The van der Waals surface area contributed by atoms with E-state index in [1.54, 1.807) is 0 Å². The highest BCUT2D eigenvalue weighted by Crippen LogP contribution is 2.39. The van der Waals surface area contributed by atoms with Crippen LogP contribution in [0.15, 0.2) is 12.1 Å². The van der Waals surface area contributed by atoms with E-state index in [2.05, 4.69) is 0 Å². The predicted molar refractivity (Wildman–Crippen MR) is 49.8 cm³/mol. The van der Waals surface area contributed by atoms with Crippen molar-refractivity contribution in [3.05, 3.63) is 42.4 Å². The first-order valence-electron chi connectivity index (χ1n) is 3.22. The molecule has 0 spiro atoms. The van der Waals surface area contributed by atoms with Gasteiger partial charge < -0.3 is 0 Å². The molecule has 74 valence electrons. The Morgan fingerprint density at radius 3 is 1.43 bits per heavy atom. The Kier molecular flexibility index (Phi) is 2.87. The van der Waals surface area contributed by atoms with Gasteiger partial charge in [-0.1, -0.05) is 23.2 Å². The topological polar surface area (TPSA) is 86.3 Å². The van der Waals surface area contributed by atoms with Crippen LogP contribution in [-0.2, 0) is 0 Å². The average Bonchev–Trinajstić information content (AvgIpc) is 2.07. The van der Waals surface area contributed by atoms with Crippen molar-refractivity contribution in [2.45, 2.75) is 0 Å². The van der Waals surface area contributed by atoms with Crippen LogP contribution in [0.2, 0.25) is 10.0 Å². The zero-order chi connectivity index (χ0) is 10.9. The van der Waals surface area contributed by atoms with Crippen LogP contribution in [0, 0.1) is 20.2 Å². The van der Waals surface area contributed by atoms with Crippen LogP contribution in [0.3, 0.4) is 0 Å². The van der Waals surface area contributed by atoms with Crippen LogP contribution in [0.1, 0.15) is 0 Å². The number of rotatable bonds is 2. The molecule has 14 heavy (non-hydrogen) atoms. The second kappa shape index (κ2) is 3.77. The van der Waals surface area contributed by atoms with Gasteiger partial charge >= 0.3 is 11.4 Å². The van der Waals surface area contributed by atoms with Crippen molar-refractivity contribution in [1.29, 1.82) is 0 Å². The van der Waals surface area contributed by atoms with E-state index in [9.17, 15) is 20.2 Å². The second-order valence-electron chi connectivity index (χ2n) is 2.24. The summed E-state index contributed by atoms with van der Waals surface area (Å²) in [5.41, 5.74) is -1.58. The van der Waals surface area contributed by atoms with Gasteiger partial charge in [-0.2, -0.15) is 0 Å². The van der Waals surface area contributed by atoms with Crippen molar-refractivity contribution in [3.8, 4) is 0 Å². The average molecular weight is 237 g/mol. The first-order valence-corrected chi connectivity index (χ1v) is 3.97. The summed E-state index contributed by atoms with van der Waals surface area (Å²) < 4.78 is 0. The quantitative estimate of drug-likeness (QED) is 0.584. The number of nitro benzene ring substituents is 2. The Balaban J connectivity index is 3.58. The van der Waals surface area contributed by atoms with Gasteiger partial charge in [-0.25, -0.2) is 0 Å². The van der Waals surface area contributed by atoms with Crippen LogP contribution in [0.5, 0.6) is 0 Å². The van der Waals surface area contributed by atoms with Gasteiger partial charge in [0.15, 0.2) is 0 Å². The molecule has 0 aromatic heterocycles. The minimum absolute atomic E-state index is 0.314. The maximum Gasteiger partial charge on any atom is 0.366 e. The fourth-order valence-electron chi connectivity index (χ4n) is 0.878. The lowest BCUT2D eigenvalue weighted by Crippen LogP contribution is -1.97. The number of benzene rings is 1. The standard InChI is InChI=1S/C6H2Cl2N2O4/c7-3-1-2-4(8)6(10(13)14)5(3)9(11)12/h1-2H. The monoisotopic (exact) mass is 236 g/mol. The number of hydrogen-bond acceptors (Lipinski definition) is 4. The van der Waals surface area contributed by atoms with E-state index in [1.165, 1.54) is 0 Å². The first kappa shape index (κ1) is 10.7. The summed E-state index contributed by atoms with van der Waals surface area (Å²) in [6.07, 6.45) is 0. The second-order valence-corrected chi connectivity index (χ2v) is 3.06. The van der Waals surface area contributed by atoms with Gasteiger partial charge in [-0.05, 0) is 12.1 Å². The Bertz CT molecular complexity index is 382. The largest absolute Gasteiger partial charge is 0.366 e. The highest BCUT2D eigenvalue weighted by molar-refractivity contribution is 6.36. The summed E-state index contributed by atoms with van der Waals surface area (Å²) in [6.45, 7) is 0. The SMILES string of the molecule is O=[N+]([O-])c1c(Cl)ccc(Cl)c1[N+](=O)[O-]. The minimum Gasteiger partial charge on any atom is -0.258 e.